The van der Waals surface area contributed by atoms with E-state index in [1.54, 1.807) is 13.0 Å². The first-order chi connectivity index (χ1) is 9.43. The van der Waals surface area contributed by atoms with Crippen molar-refractivity contribution in [2.24, 2.45) is 5.92 Å². The summed E-state index contributed by atoms with van der Waals surface area (Å²) in [4.78, 5) is 22.7. The molecule has 2 N–H and O–H groups in total. The summed E-state index contributed by atoms with van der Waals surface area (Å²) in [6, 6.07) is 4.85. The molecule has 4 nitrogen and oxygen atoms in total. The molecule has 0 saturated heterocycles. The van der Waals surface area contributed by atoms with Gasteiger partial charge < -0.3 is 10.4 Å². The van der Waals surface area contributed by atoms with Gasteiger partial charge in [0.2, 0.25) is 5.91 Å². The van der Waals surface area contributed by atoms with E-state index in [-0.39, 0.29) is 5.92 Å². The second-order valence-electron chi connectivity index (χ2n) is 4.60. The van der Waals surface area contributed by atoms with Crippen LogP contribution in [-0.4, -0.2) is 23.0 Å². The van der Waals surface area contributed by atoms with Gasteiger partial charge in [0.1, 0.15) is 11.9 Å². The molecule has 0 spiro atoms. The minimum Gasteiger partial charge on any atom is -0.480 e. The Morgan fingerprint density at radius 3 is 2.70 bits per heavy atom. The fourth-order valence-corrected chi connectivity index (χ4v) is 1.67. The maximum atomic E-state index is 12.9. The van der Waals surface area contributed by atoms with Gasteiger partial charge in [-0.3, -0.25) is 4.79 Å². The molecule has 1 aromatic carbocycles. The van der Waals surface area contributed by atoms with Crippen molar-refractivity contribution in [2.75, 3.05) is 0 Å². The highest BCUT2D eigenvalue weighted by molar-refractivity contribution is 5.94. The van der Waals surface area contributed by atoms with Crippen LogP contribution in [0.25, 0.3) is 6.08 Å². The van der Waals surface area contributed by atoms with E-state index in [2.05, 4.69) is 5.32 Å². The average Bonchev–Trinajstić information content (AvgIpc) is 2.41. The molecule has 0 aliphatic rings. The van der Waals surface area contributed by atoms with Crippen molar-refractivity contribution in [3.8, 4) is 0 Å². The Balaban J connectivity index is 2.68. The summed E-state index contributed by atoms with van der Waals surface area (Å²) >= 11 is 0. The number of carbonyl (C=O) groups excluding carboxylic acids is 1. The number of halogens is 1. The van der Waals surface area contributed by atoms with Gasteiger partial charge in [-0.25, -0.2) is 9.18 Å². The second-order valence-corrected chi connectivity index (χ2v) is 4.60. The zero-order valence-corrected chi connectivity index (χ0v) is 11.5. The third-order valence-corrected chi connectivity index (χ3v) is 3.05. The van der Waals surface area contributed by atoms with Crippen LogP contribution in [0.5, 0.6) is 0 Å². The summed E-state index contributed by atoms with van der Waals surface area (Å²) in [7, 11) is 0. The number of aliphatic carboxylic acids is 1. The lowest BCUT2D eigenvalue weighted by molar-refractivity contribution is -0.142. The number of rotatable bonds is 6. The molecule has 0 bridgehead atoms. The van der Waals surface area contributed by atoms with Crippen molar-refractivity contribution in [1.82, 2.24) is 5.32 Å². The largest absolute Gasteiger partial charge is 0.480 e. The highest BCUT2D eigenvalue weighted by Crippen LogP contribution is 2.09. The molecule has 0 heterocycles. The smallest absolute Gasteiger partial charge is 0.326 e. The molecular weight excluding hydrogens is 261 g/mol. The van der Waals surface area contributed by atoms with Crippen LogP contribution < -0.4 is 5.32 Å². The van der Waals surface area contributed by atoms with Gasteiger partial charge in [-0.15, -0.1) is 0 Å². The molecule has 2 atom stereocenters. The Kier molecular flexibility index (Phi) is 5.90. The van der Waals surface area contributed by atoms with Crippen molar-refractivity contribution in [1.29, 1.82) is 0 Å². The molecule has 0 fully saturated rings. The predicted molar refractivity (Wildman–Crippen MR) is 74.5 cm³/mol. The molecule has 0 aliphatic carbocycles. The van der Waals surface area contributed by atoms with E-state index in [1.165, 1.54) is 30.4 Å². The average molecular weight is 279 g/mol. The number of carboxylic acids is 1. The third kappa shape index (κ3) is 4.84. The first-order valence-electron chi connectivity index (χ1n) is 6.41. The van der Waals surface area contributed by atoms with Crippen LogP contribution in [0.2, 0.25) is 0 Å². The predicted octanol–water partition coefficient (Wildman–Crippen LogP) is 2.45. The molecule has 2 unspecified atom stereocenters. The van der Waals surface area contributed by atoms with E-state index < -0.39 is 23.7 Å². The second kappa shape index (κ2) is 7.43. The van der Waals surface area contributed by atoms with Gasteiger partial charge >= 0.3 is 5.97 Å². The SMILES string of the molecule is CCC(C)C(NC(=O)/C=C/c1cccc(F)c1)C(=O)O. The third-order valence-electron chi connectivity index (χ3n) is 3.05. The van der Waals surface area contributed by atoms with Gasteiger partial charge in [0, 0.05) is 6.08 Å². The highest BCUT2D eigenvalue weighted by atomic mass is 19.1. The number of carboxylic acid groups (broad SMARTS) is 1. The standard InChI is InChI=1S/C15H18FNO3/c1-3-10(2)14(15(19)20)17-13(18)8-7-11-5-4-6-12(16)9-11/h4-10,14H,3H2,1-2H3,(H,17,18)(H,19,20)/b8-7+. The van der Waals surface area contributed by atoms with Crippen molar-refractivity contribution in [2.45, 2.75) is 26.3 Å². The number of amides is 1. The summed E-state index contributed by atoms with van der Waals surface area (Å²) in [6.45, 7) is 3.62. The Morgan fingerprint density at radius 1 is 1.45 bits per heavy atom. The molecule has 1 amide bonds. The van der Waals surface area contributed by atoms with E-state index in [9.17, 15) is 14.0 Å². The Bertz CT molecular complexity index is 514. The van der Waals surface area contributed by atoms with E-state index >= 15 is 0 Å². The lowest BCUT2D eigenvalue weighted by Crippen LogP contribution is -2.44. The van der Waals surface area contributed by atoms with Crippen molar-refractivity contribution >= 4 is 18.0 Å². The van der Waals surface area contributed by atoms with Crippen LogP contribution in [0.4, 0.5) is 4.39 Å². The molecule has 0 saturated carbocycles. The van der Waals surface area contributed by atoms with Gasteiger partial charge in [0.05, 0.1) is 0 Å². The van der Waals surface area contributed by atoms with E-state index in [4.69, 9.17) is 5.11 Å². The van der Waals surface area contributed by atoms with Crippen LogP contribution in [0, 0.1) is 11.7 Å². The van der Waals surface area contributed by atoms with Crippen molar-refractivity contribution in [3.63, 3.8) is 0 Å². The molecule has 108 valence electrons. The maximum Gasteiger partial charge on any atom is 0.326 e. The van der Waals surface area contributed by atoms with Gasteiger partial charge in [0.15, 0.2) is 0 Å². The molecule has 0 aromatic heterocycles. The number of carbonyl (C=O) groups is 2. The summed E-state index contributed by atoms with van der Waals surface area (Å²) < 4.78 is 12.9. The molecule has 5 heteroatoms. The topological polar surface area (TPSA) is 66.4 Å². The van der Waals surface area contributed by atoms with Crippen LogP contribution in [0.1, 0.15) is 25.8 Å². The number of hydrogen-bond donors (Lipinski definition) is 2. The lowest BCUT2D eigenvalue weighted by Gasteiger charge is -2.19. The minimum atomic E-state index is -1.06. The van der Waals surface area contributed by atoms with Gasteiger partial charge in [0.25, 0.3) is 0 Å². The number of benzene rings is 1. The molecule has 0 radical (unpaired) electrons. The van der Waals surface area contributed by atoms with Gasteiger partial charge in [-0.05, 0) is 29.7 Å². The van der Waals surface area contributed by atoms with Crippen LogP contribution >= 0.6 is 0 Å². The molecule has 0 aliphatic heterocycles. The van der Waals surface area contributed by atoms with Crippen molar-refractivity contribution in [3.05, 3.63) is 41.7 Å². The maximum absolute atomic E-state index is 12.9. The van der Waals surface area contributed by atoms with Crippen LogP contribution in [0.15, 0.2) is 30.3 Å². The molecule has 20 heavy (non-hydrogen) atoms. The first-order valence-corrected chi connectivity index (χ1v) is 6.41. The lowest BCUT2D eigenvalue weighted by atomic mass is 9.99. The fraction of sp³-hybridized carbons (Fsp3) is 0.333. The fourth-order valence-electron chi connectivity index (χ4n) is 1.67. The number of nitrogens with one attached hydrogen (secondary N) is 1. The Labute approximate surface area is 117 Å². The summed E-state index contributed by atoms with van der Waals surface area (Å²) in [5.74, 6) is -2.14. The minimum absolute atomic E-state index is 0.168. The normalized spacial score (nSPS) is 13.9. The molecular formula is C15H18FNO3. The van der Waals surface area contributed by atoms with Gasteiger partial charge in [-0.2, -0.15) is 0 Å². The van der Waals surface area contributed by atoms with E-state index in [1.807, 2.05) is 6.92 Å². The summed E-state index contributed by atoms with van der Waals surface area (Å²) in [5.41, 5.74) is 0.538. The zero-order valence-electron chi connectivity index (χ0n) is 11.5. The van der Waals surface area contributed by atoms with Crippen LogP contribution in [-0.2, 0) is 9.59 Å². The first kappa shape index (κ1) is 15.9. The van der Waals surface area contributed by atoms with Gasteiger partial charge in [-0.1, -0.05) is 32.4 Å². The molecule has 1 rings (SSSR count). The molecule has 1 aromatic rings. The zero-order chi connectivity index (χ0) is 15.1. The Morgan fingerprint density at radius 2 is 2.15 bits per heavy atom. The highest BCUT2D eigenvalue weighted by Gasteiger charge is 2.24. The monoisotopic (exact) mass is 279 g/mol. The van der Waals surface area contributed by atoms with Crippen LogP contribution in [0.3, 0.4) is 0 Å². The summed E-state index contributed by atoms with van der Waals surface area (Å²) in [6.07, 6.45) is 3.28. The van der Waals surface area contributed by atoms with E-state index in [0.29, 0.717) is 12.0 Å². The Hall–Kier alpha value is -2.17. The van der Waals surface area contributed by atoms with E-state index in [0.717, 1.165) is 0 Å². The van der Waals surface area contributed by atoms with Crippen molar-refractivity contribution < 1.29 is 19.1 Å². The number of hydrogen-bond acceptors (Lipinski definition) is 2. The summed E-state index contributed by atoms with van der Waals surface area (Å²) in [5, 5.41) is 11.5. The quantitative estimate of drug-likeness (QED) is 0.786.